The molecular formula is C19H28N4O2. The van der Waals surface area contributed by atoms with Crippen molar-refractivity contribution in [3.63, 3.8) is 0 Å². The minimum absolute atomic E-state index is 0.0690. The number of hydrogen-bond donors (Lipinski definition) is 2. The van der Waals surface area contributed by atoms with E-state index in [1.165, 1.54) is 5.56 Å². The molecule has 136 valence electrons. The van der Waals surface area contributed by atoms with Crippen molar-refractivity contribution >= 4 is 16.6 Å². The number of nitrogens with one attached hydrogen (secondary N) is 2. The molecule has 0 aliphatic carbocycles. The fourth-order valence-corrected chi connectivity index (χ4v) is 3.48. The Hall–Kier alpha value is -1.89. The number of anilines is 1. The van der Waals surface area contributed by atoms with Crippen LogP contribution >= 0.6 is 0 Å². The summed E-state index contributed by atoms with van der Waals surface area (Å²) in [6.07, 6.45) is 3.90. The van der Waals surface area contributed by atoms with Crippen LogP contribution in [0.4, 0.5) is 5.69 Å². The first-order valence-corrected chi connectivity index (χ1v) is 8.93. The van der Waals surface area contributed by atoms with Gasteiger partial charge in [-0.15, -0.1) is 0 Å². The molecule has 1 aliphatic heterocycles. The largest absolute Gasteiger partial charge is 0.384 e. The maximum absolute atomic E-state index is 12.8. The van der Waals surface area contributed by atoms with E-state index in [-0.39, 0.29) is 12.3 Å². The second kappa shape index (κ2) is 7.99. The third kappa shape index (κ3) is 3.86. The maximum Gasteiger partial charge on any atom is 0.258 e. The van der Waals surface area contributed by atoms with Crippen molar-refractivity contribution in [3.05, 3.63) is 39.7 Å². The molecule has 1 aromatic carbocycles. The van der Waals surface area contributed by atoms with Crippen LogP contribution in [0.15, 0.2) is 23.0 Å². The molecule has 1 aromatic heterocycles. The van der Waals surface area contributed by atoms with Crippen LogP contribution in [0.2, 0.25) is 0 Å². The summed E-state index contributed by atoms with van der Waals surface area (Å²) in [7, 11) is 5.63. The van der Waals surface area contributed by atoms with Crippen molar-refractivity contribution < 1.29 is 4.74 Å². The lowest BCUT2D eigenvalue weighted by molar-refractivity contribution is 0.131. The molecule has 6 heteroatoms. The number of hydrogen-bond acceptors (Lipinski definition) is 5. The summed E-state index contributed by atoms with van der Waals surface area (Å²) in [6, 6.07) is 6.41. The average molecular weight is 344 g/mol. The predicted molar refractivity (Wildman–Crippen MR) is 102 cm³/mol. The molecule has 0 saturated heterocycles. The van der Waals surface area contributed by atoms with Crippen LogP contribution in [-0.4, -0.2) is 43.9 Å². The normalized spacial score (nSPS) is 13.9. The van der Waals surface area contributed by atoms with E-state index in [9.17, 15) is 4.79 Å². The zero-order valence-electron chi connectivity index (χ0n) is 15.4. The van der Waals surface area contributed by atoms with Crippen molar-refractivity contribution in [2.24, 2.45) is 0 Å². The summed E-state index contributed by atoms with van der Waals surface area (Å²) in [5, 5.41) is 6.56. The lowest BCUT2D eigenvalue weighted by Crippen LogP contribution is -2.31. The van der Waals surface area contributed by atoms with E-state index in [4.69, 9.17) is 4.74 Å². The predicted octanol–water partition coefficient (Wildman–Crippen LogP) is 1.96. The van der Waals surface area contributed by atoms with E-state index in [0.29, 0.717) is 0 Å². The first-order valence-electron chi connectivity index (χ1n) is 8.93. The maximum atomic E-state index is 12.8. The van der Waals surface area contributed by atoms with Crippen LogP contribution in [0, 0.1) is 0 Å². The van der Waals surface area contributed by atoms with Gasteiger partial charge in [-0.2, -0.15) is 0 Å². The Morgan fingerprint density at radius 3 is 2.96 bits per heavy atom. The van der Waals surface area contributed by atoms with Crippen LogP contribution < -0.4 is 16.3 Å². The summed E-state index contributed by atoms with van der Waals surface area (Å²) in [5.74, 6) is 0. The van der Waals surface area contributed by atoms with Crippen molar-refractivity contribution in [1.29, 1.82) is 0 Å². The highest BCUT2D eigenvalue weighted by Crippen LogP contribution is 2.29. The number of ether oxygens (including phenoxy) is 1. The molecule has 0 amide bonds. The second-order valence-electron chi connectivity index (χ2n) is 6.79. The van der Waals surface area contributed by atoms with Gasteiger partial charge in [-0.3, -0.25) is 19.8 Å². The third-order valence-electron chi connectivity index (χ3n) is 4.66. The van der Waals surface area contributed by atoms with Gasteiger partial charge in [0.2, 0.25) is 0 Å². The Morgan fingerprint density at radius 2 is 2.20 bits per heavy atom. The number of benzene rings is 1. The standard InChI is InChI=1S/C19H28N4O2/c1-22(2)21-11-4-6-14-8-9-17-16(12-14)18-15(7-5-10-20-18)19(24)23(17)13-25-3/h8-9,12,20-21H,4-7,10-11,13H2,1-3H3. The van der Waals surface area contributed by atoms with Crippen molar-refractivity contribution in [2.45, 2.75) is 32.4 Å². The molecule has 0 saturated carbocycles. The zero-order valence-corrected chi connectivity index (χ0v) is 15.4. The van der Waals surface area contributed by atoms with E-state index in [1.54, 1.807) is 11.7 Å². The lowest BCUT2D eigenvalue weighted by atomic mass is 9.98. The van der Waals surface area contributed by atoms with Gasteiger partial charge >= 0.3 is 0 Å². The molecule has 0 spiro atoms. The number of rotatable bonds is 7. The Labute approximate surface area is 148 Å². The average Bonchev–Trinajstić information content (AvgIpc) is 2.62. The first-order chi connectivity index (χ1) is 12.1. The Bertz CT molecular complexity index is 798. The lowest BCUT2D eigenvalue weighted by Gasteiger charge is -2.22. The number of aromatic nitrogens is 1. The van der Waals surface area contributed by atoms with Crippen LogP contribution in [0.5, 0.6) is 0 Å². The highest BCUT2D eigenvalue weighted by atomic mass is 16.5. The van der Waals surface area contributed by atoms with Crippen LogP contribution in [0.25, 0.3) is 10.9 Å². The number of hydrazine groups is 1. The van der Waals surface area contributed by atoms with Gasteiger partial charge in [-0.1, -0.05) is 6.07 Å². The molecule has 2 aromatic rings. The summed E-state index contributed by atoms with van der Waals surface area (Å²) >= 11 is 0. The summed E-state index contributed by atoms with van der Waals surface area (Å²) in [5.41, 5.74) is 7.51. The van der Waals surface area contributed by atoms with Gasteiger partial charge in [-0.25, -0.2) is 0 Å². The summed E-state index contributed by atoms with van der Waals surface area (Å²) in [4.78, 5) is 12.8. The highest BCUT2D eigenvalue weighted by Gasteiger charge is 2.19. The molecule has 0 radical (unpaired) electrons. The van der Waals surface area contributed by atoms with E-state index in [0.717, 1.165) is 60.9 Å². The van der Waals surface area contributed by atoms with Crippen LogP contribution in [0.1, 0.15) is 24.0 Å². The molecule has 0 atom stereocenters. The molecule has 6 nitrogen and oxygen atoms in total. The monoisotopic (exact) mass is 344 g/mol. The third-order valence-corrected chi connectivity index (χ3v) is 4.66. The smallest absolute Gasteiger partial charge is 0.258 e. The van der Waals surface area contributed by atoms with Crippen LogP contribution in [0.3, 0.4) is 0 Å². The number of fused-ring (bicyclic) bond motifs is 3. The van der Waals surface area contributed by atoms with E-state index in [1.807, 2.05) is 19.1 Å². The fraction of sp³-hybridized carbons (Fsp3) is 0.526. The molecule has 2 heterocycles. The molecule has 2 N–H and O–H groups in total. The molecule has 1 aliphatic rings. The van der Waals surface area contributed by atoms with E-state index < -0.39 is 0 Å². The van der Waals surface area contributed by atoms with E-state index in [2.05, 4.69) is 28.9 Å². The fourth-order valence-electron chi connectivity index (χ4n) is 3.48. The van der Waals surface area contributed by atoms with Crippen molar-refractivity contribution in [1.82, 2.24) is 15.0 Å². The van der Waals surface area contributed by atoms with Gasteiger partial charge in [0.05, 0.1) is 11.2 Å². The highest BCUT2D eigenvalue weighted by molar-refractivity contribution is 5.94. The van der Waals surface area contributed by atoms with Gasteiger partial charge in [0, 0.05) is 45.2 Å². The zero-order chi connectivity index (χ0) is 17.8. The van der Waals surface area contributed by atoms with Crippen molar-refractivity contribution in [3.8, 4) is 0 Å². The Morgan fingerprint density at radius 1 is 1.36 bits per heavy atom. The van der Waals surface area contributed by atoms with Gasteiger partial charge in [-0.05, 0) is 43.4 Å². The first kappa shape index (κ1) is 17.9. The molecule has 0 unspecified atom stereocenters. The molecule has 0 bridgehead atoms. The van der Waals surface area contributed by atoms with Gasteiger partial charge < -0.3 is 10.1 Å². The summed E-state index contributed by atoms with van der Waals surface area (Å²) in [6.45, 7) is 2.16. The minimum atomic E-state index is 0.0690. The molecular weight excluding hydrogens is 316 g/mol. The molecule has 25 heavy (non-hydrogen) atoms. The van der Waals surface area contributed by atoms with Gasteiger partial charge in [0.25, 0.3) is 5.56 Å². The molecule has 3 rings (SSSR count). The van der Waals surface area contributed by atoms with Gasteiger partial charge in [0.15, 0.2) is 0 Å². The Balaban J connectivity index is 1.97. The number of methoxy groups -OCH3 is 1. The second-order valence-corrected chi connectivity index (χ2v) is 6.79. The van der Waals surface area contributed by atoms with Gasteiger partial charge in [0.1, 0.15) is 6.73 Å². The Kier molecular flexibility index (Phi) is 5.73. The quantitative estimate of drug-likeness (QED) is 0.594. The summed E-state index contributed by atoms with van der Waals surface area (Å²) < 4.78 is 7.02. The SMILES string of the molecule is COCn1c(=O)c2c(c3cc(CCCNN(C)C)ccc31)NCCC2. The number of aryl methyl sites for hydroxylation is 1. The van der Waals surface area contributed by atoms with E-state index >= 15 is 0 Å². The number of pyridine rings is 1. The minimum Gasteiger partial charge on any atom is -0.384 e. The molecule has 0 fully saturated rings. The topological polar surface area (TPSA) is 58.5 Å². The number of nitrogens with zero attached hydrogens (tertiary/aromatic N) is 2. The van der Waals surface area contributed by atoms with Crippen LogP contribution in [-0.2, 0) is 24.3 Å². The van der Waals surface area contributed by atoms with Crippen molar-refractivity contribution in [2.75, 3.05) is 39.6 Å².